The molecule has 1 aliphatic rings. The Hall–Kier alpha value is -0.0500. The van der Waals surface area contributed by atoms with Crippen LogP contribution in [0.3, 0.4) is 0 Å². The molecule has 0 aromatic heterocycles. The van der Waals surface area contributed by atoms with Gasteiger partial charge in [-0.3, -0.25) is 4.79 Å². The molecule has 1 fully saturated rings. The van der Waals surface area contributed by atoms with E-state index in [1.54, 1.807) is 0 Å². The molecule has 1 rings (SSSR count). The van der Waals surface area contributed by atoms with E-state index in [0.717, 1.165) is 11.2 Å². The summed E-state index contributed by atoms with van der Waals surface area (Å²) in [5.41, 5.74) is 0. The number of hydrogen-bond donors (Lipinski definition) is 1. The zero-order valence-electron chi connectivity index (χ0n) is 7.48. The minimum Gasteiger partial charge on any atom is -0.353 e. The number of alkyl halides is 1. The van der Waals surface area contributed by atoms with Crippen LogP contribution in [0.5, 0.6) is 0 Å². The maximum atomic E-state index is 11.2. The molecule has 0 radical (unpaired) electrons. The molecule has 1 N–H and O–H groups in total. The molecule has 0 saturated heterocycles. The third-order valence-corrected chi connectivity index (χ3v) is 2.96. The fourth-order valence-electron chi connectivity index (χ4n) is 1.47. The average Bonchev–Trinajstić information content (AvgIpc) is 1.82. The summed E-state index contributed by atoms with van der Waals surface area (Å²) in [6.45, 7) is 2.11. The molecule has 0 aromatic carbocycles. The van der Waals surface area contributed by atoms with Crippen LogP contribution in [0.1, 0.15) is 32.6 Å². The third kappa shape index (κ3) is 2.77. The average molecular weight is 234 g/mol. The molecule has 0 bridgehead atoms. The van der Waals surface area contributed by atoms with Crippen LogP contribution in [0.15, 0.2) is 0 Å². The van der Waals surface area contributed by atoms with E-state index in [-0.39, 0.29) is 5.91 Å². The van der Waals surface area contributed by atoms with Crippen LogP contribution >= 0.6 is 15.9 Å². The fraction of sp³-hybridized carbons (Fsp3) is 0.889. The minimum atomic E-state index is 0.172. The summed E-state index contributed by atoms with van der Waals surface area (Å²) in [4.78, 5) is 11.2. The summed E-state index contributed by atoms with van der Waals surface area (Å²) in [7, 11) is 0. The van der Waals surface area contributed by atoms with E-state index in [2.05, 4.69) is 28.2 Å². The van der Waals surface area contributed by atoms with E-state index in [0.29, 0.717) is 12.5 Å². The van der Waals surface area contributed by atoms with Gasteiger partial charge in [0.05, 0.1) is 0 Å². The Morgan fingerprint density at radius 3 is 2.75 bits per heavy atom. The zero-order valence-corrected chi connectivity index (χ0v) is 9.06. The molecule has 1 unspecified atom stereocenters. The lowest BCUT2D eigenvalue weighted by Crippen LogP contribution is -2.40. The van der Waals surface area contributed by atoms with Crippen molar-refractivity contribution < 1.29 is 4.79 Å². The number of carbonyl (C=O) groups is 1. The normalized spacial score (nSPS) is 19.8. The number of rotatable bonds is 4. The molecule has 12 heavy (non-hydrogen) atoms. The van der Waals surface area contributed by atoms with Crippen molar-refractivity contribution >= 4 is 21.8 Å². The van der Waals surface area contributed by atoms with Gasteiger partial charge in [-0.25, -0.2) is 0 Å². The van der Waals surface area contributed by atoms with Crippen LogP contribution in [0.4, 0.5) is 0 Å². The molecule has 3 heteroatoms. The molecule has 1 atom stereocenters. The van der Waals surface area contributed by atoms with Gasteiger partial charge in [-0.05, 0) is 25.7 Å². The molecule has 2 nitrogen and oxygen atoms in total. The first-order valence-corrected chi connectivity index (χ1v) is 5.71. The first-order valence-electron chi connectivity index (χ1n) is 4.59. The monoisotopic (exact) mass is 233 g/mol. The van der Waals surface area contributed by atoms with Crippen molar-refractivity contribution in [2.75, 3.05) is 5.33 Å². The van der Waals surface area contributed by atoms with Gasteiger partial charge in [0.1, 0.15) is 0 Å². The molecule has 0 aliphatic heterocycles. The summed E-state index contributed by atoms with van der Waals surface area (Å²) in [5, 5.41) is 3.77. The van der Waals surface area contributed by atoms with E-state index in [9.17, 15) is 4.79 Å². The van der Waals surface area contributed by atoms with E-state index in [1.165, 1.54) is 19.3 Å². The van der Waals surface area contributed by atoms with Gasteiger partial charge in [-0.2, -0.15) is 0 Å². The summed E-state index contributed by atoms with van der Waals surface area (Å²) < 4.78 is 0. The second kappa shape index (κ2) is 4.85. The van der Waals surface area contributed by atoms with Gasteiger partial charge in [-0.1, -0.05) is 22.4 Å². The quantitative estimate of drug-likeness (QED) is 0.741. The molecule has 0 heterocycles. The largest absolute Gasteiger partial charge is 0.353 e. The molecular weight excluding hydrogens is 218 g/mol. The number of halogens is 1. The number of carbonyl (C=O) groups excluding carboxylic acids is 1. The van der Waals surface area contributed by atoms with Crippen molar-refractivity contribution in [3.05, 3.63) is 0 Å². The molecule has 1 saturated carbocycles. The number of nitrogens with one attached hydrogen (secondary N) is 1. The molecular formula is C9H16BrNO. The molecule has 1 aliphatic carbocycles. The maximum absolute atomic E-state index is 11.2. The van der Waals surface area contributed by atoms with E-state index < -0.39 is 0 Å². The highest BCUT2D eigenvalue weighted by Gasteiger charge is 2.24. The third-order valence-electron chi connectivity index (χ3n) is 2.57. The maximum Gasteiger partial charge on any atom is 0.221 e. The minimum absolute atomic E-state index is 0.172. The number of amides is 1. The Morgan fingerprint density at radius 2 is 2.33 bits per heavy atom. The van der Waals surface area contributed by atoms with Gasteiger partial charge in [0.25, 0.3) is 0 Å². The second-order valence-electron chi connectivity index (χ2n) is 3.49. The van der Waals surface area contributed by atoms with Crippen molar-refractivity contribution in [2.24, 2.45) is 5.92 Å². The van der Waals surface area contributed by atoms with Crippen molar-refractivity contribution in [1.29, 1.82) is 0 Å². The Morgan fingerprint density at radius 1 is 1.67 bits per heavy atom. The van der Waals surface area contributed by atoms with Gasteiger partial charge < -0.3 is 5.32 Å². The first-order chi connectivity index (χ1) is 5.74. The molecule has 0 spiro atoms. The first kappa shape index (κ1) is 10.0. The zero-order chi connectivity index (χ0) is 8.97. The standard InChI is InChI=1S/C9H16BrNO/c1-7(8-3-2-4-8)11-9(12)5-6-10/h7-8H,2-6H2,1H3,(H,11,12). The summed E-state index contributed by atoms with van der Waals surface area (Å²) in [5.74, 6) is 0.913. The highest BCUT2D eigenvalue weighted by molar-refractivity contribution is 9.09. The van der Waals surface area contributed by atoms with Gasteiger partial charge in [-0.15, -0.1) is 0 Å². The van der Waals surface area contributed by atoms with Crippen LogP contribution in [0.25, 0.3) is 0 Å². The van der Waals surface area contributed by atoms with E-state index in [4.69, 9.17) is 0 Å². The van der Waals surface area contributed by atoms with E-state index >= 15 is 0 Å². The highest BCUT2D eigenvalue weighted by atomic mass is 79.9. The Balaban J connectivity index is 2.15. The van der Waals surface area contributed by atoms with Crippen LogP contribution in [0.2, 0.25) is 0 Å². The van der Waals surface area contributed by atoms with Crippen LogP contribution in [-0.2, 0) is 4.79 Å². The SMILES string of the molecule is CC(NC(=O)CCBr)C1CCC1. The Bertz CT molecular complexity index is 157. The predicted octanol–water partition coefficient (Wildman–Crippen LogP) is 2.08. The molecule has 0 aromatic rings. The lowest BCUT2D eigenvalue weighted by molar-refractivity contribution is -0.121. The van der Waals surface area contributed by atoms with Gasteiger partial charge in [0.2, 0.25) is 5.91 Å². The van der Waals surface area contributed by atoms with Crippen molar-refractivity contribution in [3.8, 4) is 0 Å². The Labute approximate surface area is 82.2 Å². The van der Waals surface area contributed by atoms with Crippen LogP contribution < -0.4 is 5.32 Å². The molecule has 1 amide bonds. The van der Waals surface area contributed by atoms with Crippen molar-refractivity contribution in [3.63, 3.8) is 0 Å². The van der Waals surface area contributed by atoms with Gasteiger partial charge >= 0.3 is 0 Å². The van der Waals surface area contributed by atoms with Crippen LogP contribution in [0, 0.1) is 5.92 Å². The second-order valence-corrected chi connectivity index (χ2v) is 4.28. The lowest BCUT2D eigenvalue weighted by atomic mass is 9.80. The summed E-state index contributed by atoms with van der Waals surface area (Å²) in [6, 6.07) is 0.380. The lowest BCUT2D eigenvalue weighted by Gasteiger charge is -2.31. The van der Waals surface area contributed by atoms with Crippen LogP contribution in [-0.4, -0.2) is 17.3 Å². The topological polar surface area (TPSA) is 29.1 Å². The van der Waals surface area contributed by atoms with E-state index in [1.807, 2.05) is 0 Å². The molecule has 70 valence electrons. The highest BCUT2D eigenvalue weighted by Crippen LogP contribution is 2.29. The summed E-state index contributed by atoms with van der Waals surface area (Å²) >= 11 is 3.25. The summed E-state index contributed by atoms with van der Waals surface area (Å²) in [6.07, 6.45) is 4.51. The fourth-order valence-corrected chi connectivity index (χ4v) is 1.83. The Kier molecular flexibility index (Phi) is 4.06. The number of hydrogen-bond acceptors (Lipinski definition) is 1. The van der Waals surface area contributed by atoms with Crippen molar-refractivity contribution in [2.45, 2.75) is 38.6 Å². The van der Waals surface area contributed by atoms with Gasteiger partial charge in [0.15, 0.2) is 0 Å². The smallest absolute Gasteiger partial charge is 0.221 e. The predicted molar refractivity (Wildman–Crippen MR) is 53.4 cm³/mol. The van der Waals surface area contributed by atoms with Crippen molar-refractivity contribution in [1.82, 2.24) is 5.32 Å². The van der Waals surface area contributed by atoms with Gasteiger partial charge in [0, 0.05) is 17.8 Å².